The fourth-order valence-corrected chi connectivity index (χ4v) is 5.72. The van der Waals surface area contributed by atoms with E-state index in [1.807, 2.05) is 0 Å². The zero-order chi connectivity index (χ0) is 13.7. The van der Waals surface area contributed by atoms with Crippen LogP contribution in [0.25, 0.3) is 0 Å². The highest BCUT2D eigenvalue weighted by atomic mass is 32.2. The Morgan fingerprint density at radius 2 is 1.67 bits per heavy atom. The van der Waals surface area contributed by atoms with Gasteiger partial charge in [-0.15, -0.1) is 0 Å². The summed E-state index contributed by atoms with van der Waals surface area (Å²) in [6.45, 7) is 4.67. The van der Waals surface area contributed by atoms with Crippen LogP contribution in [-0.4, -0.2) is 37.2 Å². The summed E-state index contributed by atoms with van der Waals surface area (Å²) < 4.78 is 23.5. The van der Waals surface area contributed by atoms with E-state index in [4.69, 9.17) is 5.73 Å². The predicted molar refractivity (Wildman–Crippen MR) is 72.0 cm³/mol. The topological polar surface area (TPSA) is 80.4 Å². The van der Waals surface area contributed by atoms with Gasteiger partial charge in [0.1, 0.15) is 0 Å². The van der Waals surface area contributed by atoms with E-state index in [9.17, 15) is 13.5 Å². The molecule has 0 bridgehead atoms. The lowest BCUT2D eigenvalue weighted by Crippen LogP contribution is -2.56. The quantitative estimate of drug-likeness (QED) is 0.790. The van der Waals surface area contributed by atoms with Gasteiger partial charge in [0.25, 0.3) is 0 Å². The second-order valence-corrected chi connectivity index (χ2v) is 9.21. The Labute approximate surface area is 110 Å². The second kappa shape index (κ2) is 4.18. The van der Waals surface area contributed by atoms with Crippen molar-refractivity contribution in [2.75, 3.05) is 18.1 Å². The molecule has 2 rings (SSSR count). The minimum atomic E-state index is -3.02. The minimum absolute atomic E-state index is 0.0629. The van der Waals surface area contributed by atoms with Crippen LogP contribution in [0, 0.1) is 10.8 Å². The Bertz CT molecular complexity index is 420. The largest absolute Gasteiger partial charge is 0.389 e. The molecule has 1 heterocycles. The van der Waals surface area contributed by atoms with Crippen LogP contribution in [-0.2, 0) is 9.84 Å². The molecule has 0 aromatic rings. The zero-order valence-electron chi connectivity index (χ0n) is 11.4. The van der Waals surface area contributed by atoms with E-state index in [-0.39, 0.29) is 23.5 Å². The molecule has 1 saturated heterocycles. The van der Waals surface area contributed by atoms with Crippen molar-refractivity contribution in [3.63, 3.8) is 0 Å². The van der Waals surface area contributed by atoms with E-state index in [0.29, 0.717) is 19.3 Å². The van der Waals surface area contributed by atoms with Gasteiger partial charge in [-0.2, -0.15) is 0 Å². The maximum absolute atomic E-state index is 11.8. The van der Waals surface area contributed by atoms with Crippen molar-refractivity contribution < 1.29 is 13.5 Å². The predicted octanol–water partition coefficient (Wildman–Crippen LogP) is 1.08. The highest BCUT2D eigenvalue weighted by Crippen LogP contribution is 2.51. The summed E-state index contributed by atoms with van der Waals surface area (Å²) >= 11 is 0. The maximum atomic E-state index is 11.8. The first-order valence-corrected chi connectivity index (χ1v) is 8.59. The van der Waals surface area contributed by atoms with Gasteiger partial charge in [0, 0.05) is 12.0 Å². The third-order valence-electron chi connectivity index (χ3n) is 5.20. The van der Waals surface area contributed by atoms with Crippen LogP contribution in [0.1, 0.15) is 46.0 Å². The summed E-state index contributed by atoms with van der Waals surface area (Å²) in [6, 6.07) is 0. The van der Waals surface area contributed by atoms with Gasteiger partial charge in [-0.05, 0) is 37.5 Å². The number of nitrogens with two attached hydrogens (primary N) is 1. The van der Waals surface area contributed by atoms with E-state index in [1.165, 1.54) is 0 Å². The van der Waals surface area contributed by atoms with Crippen molar-refractivity contribution in [3.8, 4) is 0 Å². The molecule has 1 aliphatic carbocycles. The van der Waals surface area contributed by atoms with Crippen molar-refractivity contribution >= 4 is 9.84 Å². The molecule has 106 valence electrons. The molecule has 1 aliphatic heterocycles. The Kier molecular flexibility index (Phi) is 3.32. The molecule has 2 fully saturated rings. The molecule has 1 saturated carbocycles. The fraction of sp³-hybridized carbons (Fsp3) is 1.00. The molecule has 3 N–H and O–H groups in total. The maximum Gasteiger partial charge on any atom is 0.151 e. The molecule has 0 spiro atoms. The molecule has 5 heteroatoms. The summed E-state index contributed by atoms with van der Waals surface area (Å²) in [7, 11) is -3.02. The Morgan fingerprint density at radius 1 is 1.11 bits per heavy atom. The van der Waals surface area contributed by atoms with Gasteiger partial charge < -0.3 is 10.8 Å². The standard InChI is InChI=1S/C13H25NO3S/c1-11(2)3-5-13(15,6-4-11)12(9-14)7-8-18(16,17)10-12/h15H,3-10,14H2,1-2H3. The van der Waals surface area contributed by atoms with Crippen molar-refractivity contribution in [2.24, 2.45) is 16.6 Å². The third-order valence-corrected chi connectivity index (χ3v) is 7.01. The molecule has 0 radical (unpaired) electrons. The Balaban J connectivity index is 2.24. The van der Waals surface area contributed by atoms with Gasteiger partial charge >= 0.3 is 0 Å². The number of hydrogen-bond donors (Lipinski definition) is 2. The molecule has 0 amide bonds. The number of hydrogen-bond acceptors (Lipinski definition) is 4. The smallest absolute Gasteiger partial charge is 0.151 e. The van der Waals surface area contributed by atoms with Crippen molar-refractivity contribution in [1.29, 1.82) is 0 Å². The van der Waals surface area contributed by atoms with Crippen molar-refractivity contribution in [1.82, 2.24) is 0 Å². The SMILES string of the molecule is CC1(C)CCC(O)(C2(CN)CCS(=O)(=O)C2)CC1. The molecule has 0 aromatic heterocycles. The molecule has 1 atom stereocenters. The summed E-state index contributed by atoms with van der Waals surface area (Å²) in [5.41, 5.74) is 4.60. The van der Waals surface area contributed by atoms with Crippen LogP contribution in [0.15, 0.2) is 0 Å². The summed E-state index contributed by atoms with van der Waals surface area (Å²) in [5, 5.41) is 10.9. The van der Waals surface area contributed by atoms with Crippen LogP contribution in [0.5, 0.6) is 0 Å². The van der Waals surface area contributed by atoms with Crippen molar-refractivity contribution in [3.05, 3.63) is 0 Å². The first kappa shape index (κ1) is 14.3. The van der Waals surface area contributed by atoms with Crippen LogP contribution in [0.3, 0.4) is 0 Å². The molecule has 1 unspecified atom stereocenters. The van der Waals surface area contributed by atoms with E-state index in [1.54, 1.807) is 0 Å². The first-order valence-electron chi connectivity index (χ1n) is 6.77. The molecule has 0 aromatic carbocycles. The first-order chi connectivity index (χ1) is 8.14. The zero-order valence-corrected chi connectivity index (χ0v) is 12.2. The van der Waals surface area contributed by atoms with Crippen LogP contribution in [0.2, 0.25) is 0 Å². The van der Waals surface area contributed by atoms with Gasteiger partial charge in [-0.3, -0.25) is 0 Å². The van der Waals surface area contributed by atoms with Gasteiger partial charge in [-0.1, -0.05) is 13.8 Å². The highest BCUT2D eigenvalue weighted by Gasteiger charge is 2.56. The average molecular weight is 275 g/mol. The number of sulfone groups is 1. The van der Waals surface area contributed by atoms with E-state index >= 15 is 0 Å². The summed E-state index contributed by atoms with van der Waals surface area (Å²) in [4.78, 5) is 0. The van der Waals surface area contributed by atoms with Gasteiger partial charge in [0.05, 0.1) is 17.1 Å². The van der Waals surface area contributed by atoms with Crippen LogP contribution < -0.4 is 5.73 Å². The monoisotopic (exact) mass is 275 g/mol. The normalized spacial score (nSPS) is 37.6. The second-order valence-electron chi connectivity index (χ2n) is 7.02. The van der Waals surface area contributed by atoms with Gasteiger partial charge in [0.2, 0.25) is 0 Å². The van der Waals surface area contributed by atoms with E-state index in [2.05, 4.69) is 13.8 Å². The van der Waals surface area contributed by atoms with Crippen LogP contribution >= 0.6 is 0 Å². The van der Waals surface area contributed by atoms with E-state index in [0.717, 1.165) is 12.8 Å². The summed E-state index contributed by atoms with van der Waals surface area (Å²) in [5.74, 6) is 0.239. The highest BCUT2D eigenvalue weighted by molar-refractivity contribution is 7.91. The number of rotatable bonds is 2. The lowest BCUT2D eigenvalue weighted by atomic mass is 9.60. The number of aliphatic hydroxyl groups is 1. The van der Waals surface area contributed by atoms with Gasteiger partial charge in [-0.25, -0.2) is 8.42 Å². The van der Waals surface area contributed by atoms with Crippen LogP contribution in [0.4, 0.5) is 0 Å². The molecule has 2 aliphatic rings. The lowest BCUT2D eigenvalue weighted by molar-refractivity contribution is -0.111. The molecular weight excluding hydrogens is 250 g/mol. The molecule has 18 heavy (non-hydrogen) atoms. The van der Waals surface area contributed by atoms with Gasteiger partial charge in [0.15, 0.2) is 9.84 Å². The average Bonchev–Trinajstić information content (AvgIpc) is 2.61. The van der Waals surface area contributed by atoms with E-state index < -0.39 is 20.9 Å². The minimum Gasteiger partial charge on any atom is -0.389 e. The van der Waals surface area contributed by atoms with Crippen molar-refractivity contribution in [2.45, 2.75) is 51.6 Å². The Hall–Kier alpha value is -0.130. The molecule has 4 nitrogen and oxygen atoms in total. The lowest BCUT2D eigenvalue weighted by Gasteiger charge is -2.49. The Morgan fingerprint density at radius 3 is 2.06 bits per heavy atom. The third kappa shape index (κ3) is 2.32. The summed E-state index contributed by atoms with van der Waals surface area (Å²) in [6.07, 6.45) is 3.73. The molecular formula is C13H25NO3S. The fourth-order valence-electron chi connectivity index (χ4n) is 3.50.